The smallest absolute Gasteiger partial charge is 0.346 e. The van der Waals surface area contributed by atoms with Gasteiger partial charge in [0.2, 0.25) is 0 Å². The minimum Gasteiger partial charge on any atom is -0.477 e. The number of nitrogens with zero attached hydrogens (tertiary/aromatic N) is 2. The maximum absolute atomic E-state index is 11.5. The molecule has 0 fully saturated rings. The van der Waals surface area contributed by atoms with Gasteiger partial charge in [-0.05, 0) is 126 Å². The zero-order chi connectivity index (χ0) is 39.2. The Morgan fingerprint density at radius 1 is 0.614 bits per heavy atom. The molecule has 0 radical (unpaired) electrons. The third kappa shape index (κ3) is 5.29. The van der Waals surface area contributed by atoms with Crippen molar-refractivity contribution in [3.8, 4) is 38.8 Å². The van der Waals surface area contributed by atoms with Crippen LogP contribution in [0, 0.1) is 11.3 Å². The number of anilines is 3. The number of hydrogen-bond acceptors (Lipinski definition) is 4. The molecule has 0 saturated carbocycles. The third-order valence-electron chi connectivity index (χ3n) is 12.2. The lowest BCUT2D eigenvalue weighted by molar-refractivity contribution is -0.132. The van der Waals surface area contributed by atoms with E-state index >= 15 is 0 Å². The van der Waals surface area contributed by atoms with Crippen molar-refractivity contribution in [3.05, 3.63) is 178 Å². The summed E-state index contributed by atoms with van der Waals surface area (Å²) in [5.74, 6) is -1.23. The quantitative estimate of drug-likeness (QED) is 0.136. The molecule has 0 unspecified atom stereocenters. The van der Waals surface area contributed by atoms with E-state index < -0.39 is 5.97 Å². The number of rotatable bonds is 6. The summed E-state index contributed by atoms with van der Waals surface area (Å²) in [7, 11) is 0. The Morgan fingerprint density at radius 3 is 1.61 bits per heavy atom. The van der Waals surface area contributed by atoms with Crippen LogP contribution >= 0.6 is 11.3 Å². The van der Waals surface area contributed by atoms with Gasteiger partial charge in [0.25, 0.3) is 0 Å². The van der Waals surface area contributed by atoms with E-state index in [0.717, 1.165) is 32.4 Å². The van der Waals surface area contributed by atoms with Crippen LogP contribution in [0.1, 0.15) is 54.8 Å². The van der Waals surface area contributed by atoms with Gasteiger partial charge in [0.1, 0.15) is 11.6 Å². The van der Waals surface area contributed by atoms with Gasteiger partial charge in [-0.15, -0.1) is 11.3 Å². The number of nitriles is 1. The molecule has 2 aliphatic carbocycles. The fourth-order valence-electron chi connectivity index (χ4n) is 9.55. The summed E-state index contributed by atoms with van der Waals surface area (Å²) in [4.78, 5) is 15.6. The van der Waals surface area contributed by atoms with E-state index in [0.29, 0.717) is 0 Å². The summed E-state index contributed by atoms with van der Waals surface area (Å²) in [5, 5.41) is 23.8. The van der Waals surface area contributed by atoms with Crippen molar-refractivity contribution in [3.63, 3.8) is 0 Å². The van der Waals surface area contributed by atoms with Gasteiger partial charge in [0, 0.05) is 37.6 Å². The van der Waals surface area contributed by atoms with Gasteiger partial charge in [-0.25, -0.2) is 4.79 Å². The van der Waals surface area contributed by atoms with Crippen LogP contribution in [0.25, 0.3) is 60.3 Å². The van der Waals surface area contributed by atoms with E-state index in [1.54, 1.807) is 6.07 Å². The first-order chi connectivity index (χ1) is 27.5. The van der Waals surface area contributed by atoms with E-state index in [1.165, 1.54) is 83.5 Å². The highest BCUT2D eigenvalue weighted by Crippen LogP contribution is 2.55. The van der Waals surface area contributed by atoms with Crippen molar-refractivity contribution in [1.82, 2.24) is 0 Å². The number of thiophene rings is 1. The molecule has 0 saturated heterocycles. The predicted molar refractivity (Wildman–Crippen MR) is 236 cm³/mol. The Hall–Kier alpha value is -6.74. The van der Waals surface area contributed by atoms with Gasteiger partial charge in [0.05, 0.1) is 0 Å². The van der Waals surface area contributed by atoms with Crippen LogP contribution in [-0.4, -0.2) is 11.1 Å². The molecular formula is C52H38N2O2S. The maximum Gasteiger partial charge on any atom is 0.346 e. The maximum atomic E-state index is 11.5. The monoisotopic (exact) mass is 754 g/mol. The highest BCUT2D eigenvalue weighted by Gasteiger charge is 2.39. The zero-order valence-electron chi connectivity index (χ0n) is 32.1. The first-order valence-corrected chi connectivity index (χ1v) is 20.1. The Balaban J connectivity index is 1.11. The molecule has 8 aromatic rings. The van der Waals surface area contributed by atoms with E-state index in [9.17, 15) is 15.2 Å². The van der Waals surface area contributed by atoms with Crippen LogP contribution < -0.4 is 4.90 Å². The summed E-state index contributed by atoms with van der Waals surface area (Å²) < 4.78 is 0. The molecule has 0 aliphatic heterocycles. The fraction of sp³-hybridized carbons (Fsp3) is 0.115. The highest BCUT2D eigenvalue weighted by atomic mass is 32.1. The van der Waals surface area contributed by atoms with Gasteiger partial charge < -0.3 is 10.0 Å². The lowest BCUT2D eigenvalue weighted by Crippen LogP contribution is -2.18. The van der Waals surface area contributed by atoms with Crippen LogP contribution in [0.15, 0.2) is 151 Å². The molecule has 7 aromatic carbocycles. The predicted octanol–water partition coefficient (Wildman–Crippen LogP) is 13.8. The van der Waals surface area contributed by atoms with Gasteiger partial charge in [0.15, 0.2) is 0 Å². The molecule has 1 aromatic heterocycles. The Kier molecular flexibility index (Phi) is 7.70. The van der Waals surface area contributed by atoms with Crippen LogP contribution in [0.5, 0.6) is 0 Å². The molecule has 10 rings (SSSR count). The summed E-state index contributed by atoms with van der Waals surface area (Å²) in [6, 6.07) is 54.7. The Bertz CT molecular complexity index is 2920. The number of carboxylic acid groups (broad SMARTS) is 1. The summed E-state index contributed by atoms with van der Waals surface area (Å²) >= 11 is 1.47. The average molecular weight is 755 g/mol. The third-order valence-corrected chi connectivity index (χ3v) is 13.3. The summed E-state index contributed by atoms with van der Waals surface area (Å²) in [5.41, 5.74) is 14.1. The highest BCUT2D eigenvalue weighted by molar-refractivity contribution is 7.16. The normalized spacial score (nSPS) is 14.5. The number of benzene rings is 7. The van der Waals surface area contributed by atoms with E-state index in [2.05, 4.69) is 166 Å². The van der Waals surface area contributed by atoms with Crippen molar-refractivity contribution in [1.29, 1.82) is 5.26 Å². The SMILES string of the molecule is CC1(C)c2cc(N(c3ccc(-c4ccc(C=C(C#N)C(=O)O)s4)cc3)c3ccc4c(c3)C(C)(C)c3c-4ccc4ccccc34)ccc2-c2ccc3ccccc3c21. The Labute approximate surface area is 336 Å². The minimum atomic E-state index is -1.23. The molecule has 2 aliphatic rings. The molecule has 1 N–H and O–H groups in total. The number of hydrogen-bond donors (Lipinski definition) is 1. The van der Waals surface area contributed by atoms with Crippen LogP contribution in [0.4, 0.5) is 17.1 Å². The lowest BCUT2D eigenvalue weighted by Gasteiger charge is -2.30. The fourth-order valence-corrected chi connectivity index (χ4v) is 10.5. The van der Waals surface area contributed by atoms with Crippen LogP contribution in [-0.2, 0) is 15.6 Å². The molecule has 5 heteroatoms. The van der Waals surface area contributed by atoms with Gasteiger partial charge in [-0.1, -0.05) is 125 Å². The first kappa shape index (κ1) is 34.7. The second-order valence-corrected chi connectivity index (χ2v) is 17.3. The van der Waals surface area contributed by atoms with Crippen LogP contribution in [0.2, 0.25) is 0 Å². The standard InChI is InChI=1S/C52H38N2O2S/c1-51(2)45-28-36(19-24-41(45)43-22-15-31-9-5-7-11-39(31)48(43)51)54(35-17-13-33(14-18-35)47-26-21-38(57-47)27-34(30-53)50(55)56)37-20-25-42-44-23-16-32-10-6-8-12-40(32)49(44)52(3,4)46(42)29-37/h5-29H,1-4H3,(H,55,56). The average Bonchev–Trinajstić information content (AvgIpc) is 3.86. The Morgan fingerprint density at radius 2 is 1.11 bits per heavy atom. The molecule has 57 heavy (non-hydrogen) atoms. The molecule has 0 spiro atoms. The van der Waals surface area contributed by atoms with Gasteiger partial charge in [-0.3, -0.25) is 0 Å². The molecule has 4 nitrogen and oxygen atoms in total. The number of carbonyl (C=O) groups is 1. The summed E-state index contributed by atoms with van der Waals surface area (Å²) in [6.07, 6.45) is 1.43. The zero-order valence-corrected chi connectivity index (χ0v) is 32.9. The van der Waals surface area contributed by atoms with Crippen molar-refractivity contribution < 1.29 is 9.90 Å². The number of fused-ring (bicyclic) bond motifs is 10. The van der Waals surface area contributed by atoms with Gasteiger partial charge in [-0.2, -0.15) is 5.26 Å². The largest absolute Gasteiger partial charge is 0.477 e. The molecule has 0 amide bonds. The van der Waals surface area contributed by atoms with Gasteiger partial charge >= 0.3 is 5.97 Å². The van der Waals surface area contributed by atoms with Crippen LogP contribution in [0.3, 0.4) is 0 Å². The second kappa shape index (κ2) is 12.6. The molecule has 1 heterocycles. The van der Waals surface area contributed by atoms with E-state index in [-0.39, 0.29) is 16.4 Å². The van der Waals surface area contributed by atoms with Crippen molar-refractivity contribution in [2.45, 2.75) is 38.5 Å². The lowest BCUT2D eigenvalue weighted by atomic mass is 9.80. The summed E-state index contributed by atoms with van der Waals surface area (Å²) in [6.45, 7) is 9.42. The second-order valence-electron chi connectivity index (χ2n) is 16.2. The van der Waals surface area contributed by atoms with Crippen molar-refractivity contribution in [2.75, 3.05) is 4.90 Å². The molecule has 0 atom stereocenters. The van der Waals surface area contributed by atoms with Crippen molar-refractivity contribution >= 4 is 62.0 Å². The topological polar surface area (TPSA) is 64.3 Å². The number of aliphatic carboxylic acids is 1. The molecular weight excluding hydrogens is 717 g/mol. The first-order valence-electron chi connectivity index (χ1n) is 19.2. The van der Waals surface area contributed by atoms with E-state index in [4.69, 9.17) is 0 Å². The molecule has 0 bridgehead atoms. The minimum absolute atomic E-state index is 0.211. The molecule has 274 valence electrons. The van der Waals surface area contributed by atoms with E-state index in [1.807, 2.05) is 12.1 Å². The number of carboxylic acids is 1. The van der Waals surface area contributed by atoms with Crippen molar-refractivity contribution in [2.24, 2.45) is 0 Å².